The van der Waals surface area contributed by atoms with Crippen molar-refractivity contribution in [3.05, 3.63) is 35.9 Å². The summed E-state index contributed by atoms with van der Waals surface area (Å²) in [6.07, 6.45) is 1.71. The lowest BCUT2D eigenvalue weighted by Gasteiger charge is -2.32. The highest BCUT2D eigenvalue weighted by atomic mass is 16.6. The molecule has 5 heteroatoms. The van der Waals surface area contributed by atoms with E-state index in [1.807, 2.05) is 37.3 Å². The number of carbonyl (C=O) groups is 2. The number of nitrogens with one attached hydrogen (secondary N) is 1. The molecule has 1 aromatic carbocycles. The van der Waals surface area contributed by atoms with Crippen LogP contribution in [0.15, 0.2) is 30.3 Å². The molecule has 2 fully saturated rings. The van der Waals surface area contributed by atoms with E-state index in [1.165, 1.54) is 0 Å². The van der Waals surface area contributed by atoms with Crippen LogP contribution in [0.3, 0.4) is 0 Å². The quantitative estimate of drug-likeness (QED) is 0.813. The third-order valence-corrected chi connectivity index (χ3v) is 4.84. The third-order valence-electron chi connectivity index (χ3n) is 4.84. The minimum absolute atomic E-state index is 0.00870. The van der Waals surface area contributed by atoms with E-state index in [1.54, 1.807) is 0 Å². The van der Waals surface area contributed by atoms with Gasteiger partial charge in [-0.15, -0.1) is 0 Å². The molecule has 1 N–H and O–H groups in total. The van der Waals surface area contributed by atoms with E-state index in [2.05, 4.69) is 5.32 Å². The fourth-order valence-corrected chi connectivity index (χ4v) is 3.29. The van der Waals surface area contributed by atoms with Gasteiger partial charge < -0.3 is 14.8 Å². The highest BCUT2D eigenvalue weighted by Gasteiger charge is 2.56. The Kier molecular flexibility index (Phi) is 4.78. The second-order valence-electron chi connectivity index (χ2n) is 6.48. The average Bonchev–Trinajstić information content (AvgIpc) is 3.34. The average molecular weight is 317 g/mol. The Balaban J connectivity index is 1.44. The number of hydrogen-bond donors (Lipinski definition) is 1. The van der Waals surface area contributed by atoms with Gasteiger partial charge in [-0.25, -0.2) is 0 Å². The largest absolute Gasteiger partial charge is 0.369 e. The number of ketones is 1. The van der Waals surface area contributed by atoms with Gasteiger partial charge in [0.1, 0.15) is 12.4 Å². The molecule has 2 aliphatic rings. The Bertz CT molecular complexity index is 568. The van der Waals surface area contributed by atoms with Crippen molar-refractivity contribution >= 4 is 11.7 Å². The summed E-state index contributed by atoms with van der Waals surface area (Å²) in [4.78, 5) is 23.6. The maximum absolute atomic E-state index is 11.9. The van der Waals surface area contributed by atoms with Crippen molar-refractivity contribution in [3.8, 4) is 0 Å². The molecule has 1 saturated carbocycles. The maximum Gasteiger partial charge on any atom is 0.246 e. The van der Waals surface area contributed by atoms with Gasteiger partial charge in [-0.2, -0.15) is 0 Å². The van der Waals surface area contributed by atoms with Crippen molar-refractivity contribution in [1.82, 2.24) is 5.32 Å². The van der Waals surface area contributed by atoms with Gasteiger partial charge >= 0.3 is 0 Å². The van der Waals surface area contributed by atoms with Crippen LogP contribution in [-0.4, -0.2) is 36.6 Å². The Morgan fingerprint density at radius 3 is 2.87 bits per heavy atom. The Hall–Kier alpha value is -1.72. The van der Waals surface area contributed by atoms with E-state index in [-0.39, 0.29) is 35.9 Å². The van der Waals surface area contributed by atoms with E-state index >= 15 is 0 Å². The van der Waals surface area contributed by atoms with Crippen LogP contribution in [-0.2, 0) is 25.6 Å². The molecule has 0 aromatic heterocycles. The maximum atomic E-state index is 11.9. The molecule has 5 nitrogen and oxygen atoms in total. The minimum atomic E-state index is -0.173. The van der Waals surface area contributed by atoms with Crippen LogP contribution < -0.4 is 5.32 Å². The summed E-state index contributed by atoms with van der Waals surface area (Å²) in [6.45, 7) is 3.14. The summed E-state index contributed by atoms with van der Waals surface area (Å²) in [6, 6.07) is 9.75. The Labute approximate surface area is 136 Å². The summed E-state index contributed by atoms with van der Waals surface area (Å²) in [7, 11) is 0. The summed E-state index contributed by atoms with van der Waals surface area (Å²) >= 11 is 0. The van der Waals surface area contributed by atoms with Gasteiger partial charge in [0.05, 0.1) is 18.3 Å². The lowest BCUT2D eigenvalue weighted by Crippen LogP contribution is -2.41. The molecule has 3 unspecified atom stereocenters. The molecule has 3 atom stereocenters. The smallest absolute Gasteiger partial charge is 0.246 e. The van der Waals surface area contributed by atoms with Gasteiger partial charge in [0, 0.05) is 25.3 Å². The van der Waals surface area contributed by atoms with Gasteiger partial charge in [-0.3, -0.25) is 9.59 Å². The van der Waals surface area contributed by atoms with E-state index in [0.29, 0.717) is 26.0 Å². The summed E-state index contributed by atoms with van der Waals surface area (Å²) in [5, 5.41) is 2.84. The molecular formula is C18H23NO4. The summed E-state index contributed by atoms with van der Waals surface area (Å²) in [5.41, 5.74) is 0.880. The normalized spacial score (nSPS) is 27.7. The molecule has 0 bridgehead atoms. The zero-order valence-electron chi connectivity index (χ0n) is 13.4. The van der Waals surface area contributed by atoms with Crippen molar-refractivity contribution in [2.75, 3.05) is 13.2 Å². The van der Waals surface area contributed by atoms with E-state index in [4.69, 9.17) is 9.47 Å². The molecule has 1 aromatic rings. The molecule has 1 spiro atoms. The zero-order chi connectivity index (χ0) is 16.3. The first-order valence-electron chi connectivity index (χ1n) is 8.17. The fraction of sp³-hybridized carbons (Fsp3) is 0.556. The minimum Gasteiger partial charge on any atom is -0.369 e. The standard InChI is InChI=1S/C18H23NO4/c1-13(16-9-15(20)7-8-18(16)12-23-18)22-11-17(21)19-10-14-5-3-2-4-6-14/h2-6,13,16H,7-12H2,1H3,(H,19,21). The van der Waals surface area contributed by atoms with Crippen LogP contribution in [0, 0.1) is 5.92 Å². The number of rotatable bonds is 6. The monoisotopic (exact) mass is 317 g/mol. The Morgan fingerprint density at radius 2 is 2.17 bits per heavy atom. The molecule has 1 heterocycles. The van der Waals surface area contributed by atoms with Crippen molar-refractivity contribution in [2.24, 2.45) is 5.92 Å². The van der Waals surface area contributed by atoms with Crippen LogP contribution in [0.4, 0.5) is 0 Å². The molecule has 3 rings (SSSR count). The molecule has 0 radical (unpaired) electrons. The first-order valence-corrected chi connectivity index (χ1v) is 8.17. The van der Waals surface area contributed by atoms with Gasteiger partial charge in [0.15, 0.2) is 0 Å². The highest BCUT2D eigenvalue weighted by molar-refractivity contribution is 5.80. The van der Waals surface area contributed by atoms with Crippen molar-refractivity contribution < 1.29 is 19.1 Å². The van der Waals surface area contributed by atoms with Crippen LogP contribution in [0.25, 0.3) is 0 Å². The van der Waals surface area contributed by atoms with E-state index < -0.39 is 0 Å². The second kappa shape index (κ2) is 6.81. The summed E-state index contributed by atoms with van der Waals surface area (Å²) in [5.74, 6) is 0.180. The first kappa shape index (κ1) is 16.1. The lowest BCUT2D eigenvalue weighted by molar-refractivity contribution is -0.132. The number of hydrogen-bond acceptors (Lipinski definition) is 4. The van der Waals surface area contributed by atoms with Gasteiger partial charge in [0.2, 0.25) is 5.91 Å². The van der Waals surface area contributed by atoms with E-state index in [9.17, 15) is 9.59 Å². The zero-order valence-corrected chi connectivity index (χ0v) is 13.4. The first-order chi connectivity index (χ1) is 11.1. The number of carbonyl (C=O) groups excluding carboxylic acids is 2. The lowest BCUT2D eigenvalue weighted by atomic mass is 9.76. The van der Waals surface area contributed by atoms with Crippen molar-refractivity contribution in [1.29, 1.82) is 0 Å². The van der Waals surface area contributed by atoms with Gasteiger partial charge in [-0.05, 0) is 18.9 Å². The van der Waals surface area contributed by atoms with Crippen LogP contribution in [0.5, 0.6) is 0 Å². The SMILES string of the molecule is CC(OCC(=O)NCc1ccccc1)C1CC(=O)CCC12CO2. The molecule has 1 aliphatic carbocycles. The number of epoxide rings is 1. The number of Topliss-reactive ketones (excluding diaryl/α,β-unsaturated/α-hetero) is 1. The van der Waals surface area contributed by atoms with Crippen LogP contribution >= 0.6 is 0 Å². The second-order valence-corrected chi connectivity index (χ2v) is 6.48. The number of ether oxygens (including phenoxy) is 2. The molecule has 124 valence electrons. The highest BCUT2D eigenvalue weighted by Crippen LogP contribution is 2.47. The molecular weight excluding hydrogens is 294 g/mol. The summed E-state index contributed by atoms with van der Waals surface area (Å²) < 4.78 is 11.3. The topological polar surface area (TPSA) is 67.9 Å². The number of amides is 1. The predicted octanol–water partition coefficient (Wildman–Crippen LogP) is 1.85. The fourth-order valence-electron chi connectivity index (χ4n) is 3.29. The van der Waals surface area contributed by atoms with Crippen molar-refractivity contribution in [2.45, 2.75) is 44.4 Å². The van der Waals surface area contributed by atoms with E-state index in [0.717, 1.165) is 12.0 Å². The van der Waals surface area contributed by atoms with Gasteiger partial charge in [-0.1, -0.05) is 30.3 Å². The third kappa shape index (κ3) is 3.98. The number of benzene rings is 1. The molecule has 1 amide bonds. The predicted molar refractivity (Wildman–Crippen MR) is 84.7 cm³/mol. The van der Waals surface area contributed by atoms with Crippen LogP contribution in [0.1, 0.15) is 31.7 Å². The van der Waals surface area contributed by atoms with Gasteiger partial charge in [0.25, 0.3) is 0 Å². The van der Waals surface area contributed by atoms with Crippen LogP contribution in [0.2, 0.25) is 0 Å². The van der Waals surface area contributed by atoms with Crippen molar-refractivity contribution in [3.63, 3.8) is 0 Å². The molecule has 1 saturated heterocycles. The molecule has 1 aliphatic heterocycles. The molecule has 23 heavy (non-hydrogen) atoms. The Morgan fingerprint density at radius 1 is 1.43 bits per heavy atom.